The fourth-order valence-corrected chi connectivity index (χ4v) is 3.45. The Balaban J connectivity index is 1.54. The first-order valence-electron chi connectivity index (χ1n) is 6.70. The molecule has 0 aromatic rings. The molecular weight excluding hydrogens is 218 g/mol. The normalized spacial score (nSPS) is 41.7. The highest BCUT2D eigenvalue weighted by atomic mass is 16.3. The molecule has 3 saturated heterocycles. The summed E-state index contributed by atoms with van der Waals surface area (Å²) in [4.78, 5) is 14.5. The molecule has 3 fully saturated rings. The van der Waals surface area contributed by atoms with Gasteiger partial charge in [0, 0.05) is 25.2 Å². The van der Waals surface area contributed by atoms with E-state index in [1.807, 2.05) is 0 Å². The van der Waals surface area contributed by atoms with Crippen LogP contribution in [0.2, 0.25) is 0 Å². The second-order valence-corrected chi connectivity index (χ2v) is 5.50. The SMILES string of the molecule is O=C(NC1CCN2CCCC12)C1CC(O)CN1. The van der Waals surface area contributed by atoms with Crippen molar-refractivity contribution in [2.24, 2.45) is 0 Å². The standard InChI is InChI=1S/C12H21N3O2/c16-8-6-10(13-7-8)12(17)14-9-3-5-15-4-1-2-11(9)15/h8-11,13,16H,1-7H2,(H,14,17). The number of rotatable bonds is 2. The molecule has 3 aliphatic rings. The maximum atomic E-state index is 12.0. The molecule has 0 aromatic heterocycles. The van der Waals surface area contributed by atoms with Gasteiger partial charge >= 0.3 is 0 Å². The van der Waals surface area contributed by atoms with Crippen LogP contribution in [0.25, 0.3) is 0 Å². The maximum absolute atomic E-state index is 12.0. The Morgan fingerprint density at radius 1 is 1.35 bits per heavy atom. The average Bonchev–Trinajstić information content (AvgIpc) is 2.96. The van der Waals surface area contributed by atoms with Crippen LogP contribution in [-0.4, -0.2) is 59.8 Å². The molecule has 0 aliphatic carbocycles. The van der Waals surface area contributed by atoms with Gasteiger partial charge in [-0.05, 0) is 32.2 Å². The first-order valence-corrected chi connectivity index (χ1v) is 6.70. The van der Waals surface area contributed by atoms with Crippen LogP contribution in [0.3, 0.4) is 0 Å². The zero-order valence-electron chi connectivity index (χ0n) is 10.1. The van der Waals surface area contributed by atoms with Crippen LogP contribution in [0, 0.1) is 0 Å². The van der Waals surface area contributed by atoms with E-state index < -0.39 is 0 Å². The summed E-state index contributed by atoms with van der Waals surface area (Å²) in [5.41, 5.74) is 0. The average molecular weight is 239 g/mol. The van der Waals surface area contributed by atoms with E-state index in [1.54, 1.807) is 0 Å². The number of carbonyl (C=O) groups excluding carboxylic acids is 1. The summed E-state index contributed by atoms with van der Waals surface area (Å²) >= 11 is 0. The molecule has 4 atom stereocenters. The maximum Gasteiger partial charge on any atom is 0.237 e. The number of hydrogen-bond acceptors (Lipinski definition) is 4. The van der Waals surface area contributed by atoms with Crippen LogP contribution < -0.4 is 10.6 Å². The number of nitrogens with one attached hydrogen (secondary N) is 2. The van der Waals surface area contributed by atoms with Gasteiger partial charge in [0.2, 0.25) is 5.91 Å². The molecule has 17 heavy (non-hydrogen) atoms. The predicted octanol–water partition coefficient (Wildman–Crippen LogP) is -0.938. The number of aliphatic hydroxyl groups is 1. The fourth-order valence-electron chi connectivity index (χ4n) is 3.45. The van der Waals surface area contributed by atoms with Gasteiger partial charge in [-0.3, -0.25) is 9.69 Å². The zero-order valence-corrected chi connectivity index (χ0v) is 10.1. The highest BCUT2D eigenvalue weighted by Crippen LogP contribution is 2.28. The molecule has 5 heteroatoms. The quantitative estimate of drug-likeness (QED) is 0.582. The number of β-amino-alcohol motifs (C(OH)–C–C–N with tert-alkyl or cyclic N) is 1. The molecule has 3 aliphatic heterocycles. The molecule has 3 N–H and O–H groups in total. The smallest absolute Gasteiger partial charge is 0.237 e. The fraction of sp³-hybridized carbons (Fsp3) is 0.917. The number of amides is 1. The molecule has 0 spiro atoms. The molecular formula is C12H21N3O2. The van der Waals surface area contributed by atoms with E-state index in [4.69, 9.17) is 0 Å². The lowest BCUT2D eigenvalue weighted by Crippen LogP contribution is -2.48. The van der Waals surface area contributed by atoms with Crippen molar-refractivity contribution >= 4 is 5.91 Å². The minimum atomic E-state index is -0.364. The van der Waals surface area contributed by atoms with Gasteiger partial charge in [-0.15, -0.1) is 0 Å². The van der Waals surface area contributed by atoms with E-state index in [2.05, 4.69) is 15.5 Å². The zero-order chi connectivity index (χ0) is 11.8. The van der Waals surface area contributed by atoms with Gasteiger partial charge in [-0.2, -0.15) is 0 Å². The third kappa shape index (κ3) is 2.19. The van der Waals surface area contributed by atoms with Gasteiger partial charge < -0.3 is 15.7 Å². The van der Waals surface area contributed by atoms with Crippen LogP contribution in [0.15, 0.2) is 0 Å². The Morgan fingerprint density at radius 2 is 2.24 bits per heavy atom. The Hall–Kier alpha value is -0.650. The van der Waals surface area contributed by atoms with Crippen LogP contribution >= 0.6 is 0 Å². The summed E-state index contributed by atoms with van der Waals surface area (Å²) in [5.74, 6) is 0.0697. The molecule has 0 saturated carbocycles. The number of hydrogen-bond donors (Lipinski definition) is 3. The Labute approximate surface area is 102 Å². The summed E-state index contributed by atoms with van der Waals surface area (Å²) in [6.45, 7) is 2.85. The largest absolute Gasteiger partial charge is 0.392 e. The summed E-state index contributed by atoms with van der Waals surface area (Å²) in [6, 6.07) is 0.690. The van der Waals surface area contributed by atoms with Gasteiger partial charge in [-0.25, -0.2) is 0 Å². The second kappa shape index (κ2) is 4.55. The van der Waals surface area contributed by atoms with Gasteiger partial charge in [0.25, 0.3) is 0 Å². The van der Waals surface area contributed by atoms with Gasteiger partial charge in [0.15, 0.2) is 0 Å². The third-order valence-corrected chi connectivity index (χ3v) is 4.36. The van der Waals surface area contributed by atoms with Crippen molar-refractivity contribution in [3.05, 3.63) is 0 Å². The van der Waals surface area contributed by atoms with E-state index >= 15 is 0 Å². The lowest BCUT2D eigenvalue weighted by Gasteiger charge is -2.22. The summed E-state index contributed by atoms with van der Waals surface area (Å²) < 4.78 is 0. The van der Waals surface area contributed by atoms with Crippen LogP contribution in [0.4, 0.5) is 0 Å². The lowest BCUT2D eigenvalue weighted by atomic mass is 10.1. The first-order chi connectivity index (χ1) is 8.24. The van der Waals surface area contributed by atoms with Crippen LogP contribution in [-0.2, 0) is 4.79 Å². The number of aliphatic hydroxyl groups excluding tert-OH is 1. The van der Waals surface area contributed by atoms with Crippen molar-refractivity contribution in [2.75, 3.05) is 19.6 Å². The molecule has 4 unspecified atom stereocenters. The highest BCUT2D eigenvalue weighted by Gasteiger charge is 2.39. The van der Waals surface area contributed by atoms with E-state index in [0.717, 1.165) is 13.0 Å². The van der Waals surface area contributed by atoms with Crippen molar-refractivity contribution in [3.63, 3.8) is 0 Å². The predicted molar refractivity (Wildman–Crippen MR) is 63.6 cm³/mol. The monoisotopic (exact) mass is 239 g/mol. The number of carbonyl (C=O) groups is 1. The van der Waals surface area contributed by atoms with Gasteiger partial charge in [0.1, 0.15) is 0 Å². The van der Waals surface area contributed by atoms with Crippen molar-refractivity contribution in [3.8, 4) is 0 Å². The van der Waals surface area contributed by atoms with Crippen molar-refractivity contribution in [1.29, 1.82) is 0 Å². The third-order valence-electron chi connectivity index (χ3n) is 4.36. The molecule has 3 heterocycles. The van der Waals surface area contributed by atoms with Crippen molar-refractivity contribution < 1.29 is 9.90 Å². The van der Waals surface area contributed by atoms with Gasteiger partial charge in [-0.1, -0.05) is 0 Å². The van der Waals surface area contributed by atoms with Gasteiger partial charge in [0.05, 0.1) is 12.1 Å². The molecule has 5 nitrogen and oxygen atoms in total. The minimum Gasteiger partial charge on any atom is -0.392 e. The second-order valence-electron chi connectivity index (χ2n) is 5.50. The van der Waals surface area contributed by atoms with E-state index in [9.17, 15) is 9.90 Å². The lowest BCUT2D eigenvalue weighted by molar-refractivity contribution is -0.123. The highest BCUT2D eigenvalue weighted by molar-refractivity contribution is 5.82. The first kappa shape index (κ1) is 11.4. The summed E-state index contributed by atoms with van der Waals surface area (Å²) in [6.07, 6.45) is 3.74. The minimum absolute atomic E-state index is 0.0697. The molecule has 1 amide bonds. The Kier molecular flexibility index (Phi) is 3.06. The summed E-state index contributed by atoms with van der Waals surface area (Å²) in [7, 11) is 0. The van der Waals surface area contributed by atoms with Crippen LogP contribution in [0.1, 0.15) is 25.7 Å². The van der Waals surface area contributed by atoms with E-state index in [0.29, 0.717) is 25.0 Å². The van der Waals surface area contributed by atoms with Crippen LogP contribution in [0.5, 0.6) is 0 Å². The Morgan fingerprint density at radius 3 is 3.00 bits per heavy atom. The molecule has 96 valence electrons. The van der Waals surface area contributed by atoms with Crippen molar-refractivity contribution in [2.45, 2.75) is 49.9 Å². The Bertz CT molecular complexity index is 310. The molecule has 0 aromatic carbocycles. The van der Waals surface area contributed by atoms with E-state index in [-0.39, 0.29) is 18.1 Å². The molecule has 0 radical (unpaired) electrons. The summed E-state index contributed by atoms with van der Waals surface area (Å²) in [5, 5.41) is 15.6. The number of nitrogens with zero attached hydrogens (tertiary/aromatic N) is 1. The van der Waals surface area contributed by atoms with Crippen molar-refractivity contribution in [1.82, 2.24) is 15.5 Å². The van der Waals surface area contributed by atoms with E-state index in [1.165, 1.54) is 19.4 Å². The topological polar surface area (TPSA) is 64.6 Å². The molecule has 0 bridgehead atoms. The molecule has 3 rings (SSSR count). The number of fused-ring (bicyclic) bond motifs is 1.